The highest BCUT2D eigenvalue weighted by atomic mass is 16.2. The number of aromatic nitrogens is 2. The third-order valence-electron chi connectivity index (χ3n) is 4.58. The van der Waals surface area contributed by atoms with E-state index in [2.05, 4.69) is 21.0 Å². The van der Waals surface area contributed by atoms with Crippen LogP contribution in [0.5, 0.6) is 0 Å². The quantitative estimate of drug-likeness (QED) is 0.516. The number of carbonyl (C=O) groups excluding carboxylic acids is 3. The lowest BCUT2D eigenvalue weighted by Crippen LogP contribution is -3.13. The summed E-state index contributed by atoms with van der Waals surface area (Å²) >= 11 is 0. The topological polar surface area (TPSA) is 110 Å². The molecule has 2 rings (SSSR count). The summed E-state index contributed by atoms with van der Waals surface area (Å²) in [7, 11) is 1.83. The van der Waals surface area contributed by atoms with Crippen LogP contribution in [0.25, 0.3) is 0 Å². The zero-order chi connectivity index (χ0) is 21.6. The van der Waals surface area contributed by atoms with Crippen molar-refractivity contribution in [3.05, 3.63) is 35.7 Å². The van der Waals surface area contributed by atoms with Gasteiger partial charge in [-0.2, -0.15) is 5.10 Å². The van der Waals surface area contributed by atoms with Gasteiger partial charge in [0.25, 0.3) is 11.8 Å². The summed E-state index contributed by atoms with van der Waals surface area (Å²) in [6.45, 7) is 8.08. The van der Waals surface area contributed by atoms with E-state index in [9.17, 15) is 14.4 Å². The van der Waals surface area contributed by atoms with E-state index in [4.69, 9.17) is 0 Å². The maximum absolute atomic E-state index is 12.4. The molecule has 29 heavy (non-hydrogen) atoms. The van der Waals surface area contributed by atoms with Crippen molar-refractivity contribution in [2.45, 2.75) is 27.7 Å². The average Bonchev–Trinajstić information content (AvgIpc) is 2.88. The third kappa shape index (κ3) is 6.42. The summed E-state index contributed by atoms with van der Waals surface area (Å²) in [6.07, 6.45) is 0. The minimum Gasteiger partial charge on any atom is -0.326 e. The fourth-order valence-electron chi connectivity index (χ4n) is 2.95. The first-order chi connectivity index (χ1) is 13.7. The van der Waals surface area contributed by atoms with Crippen molar-refractivity contribution in [2.75, 3.05) is 35.6 Å². The molecule has 0 radical (unpaired) electrons. The maximum Gasteiger partial charge on any atom is 0.279 e. The monoisotopic (exact) mass is 401 g/mol. The maximum atomic E-state index is 12.4. The largest absolute Gasteiger partial charge is 0.326 e. The molecule has 2 aromatic rings. The number of anilines is 3. The van der Waals surface area contributed by atoms with Crippen molar-refractivity contribution in [3.8, 4) is 0 Å². The van der Waals surface area contributed by atoms with E-state index in [1.54, 1.807) is 28.9 Å². The Morgan fingerprint density at radius 1 is 0.966 bits per heavy atom. The lowest BCUT2D eigenvalue weighted by atomic mass is 10.2. The molecule has 1 aromatic carbocycles. The molecule has 1 unspecified atom stereocenters. The molecular formula is C20H29N6O3+. The number of hydrogen-bond donors (Lipinski definition) is 4. The van der Waals surface area contributed by atoms with Gasteiger partial charge in [0, 0.05) is 25.3 Å². The van der Waals surface area contributed by atoms with Gasteiger partial charge in [0.15, 0.2) is 13.1 Å². The molecule has 9 nitrogen and oxygen atoms in total. The Balaban J connectivity index is 1.89. The highest BCUT2D eigenvalue weighted by Gasteiger charge is 2.19. The molecule has 0 aliphatic heterocycles. The third-order valence-corrected chi connectivity index (χ3v) is 4.58. The summed E-state index contributed by atoms with van der Waals surface area (Å²) in [6, 6.07) is 6.87. The van der Waals surface area contributed by atoms with Crippen molar-refractivity contribution >= 4 is 34.8 Å². The number of aryl methyl sites for hydroxylation is 2. The van der Waals surface area contributed by atoms with Gasteiger partial charge in [0.05, 0.1) is 23.6 Å². The van der Waals surface area contributed by atoms with E-state index in [1.807, 2.05) is 27.8 Å². The highest BCUT2D eigenvalue weighted by molar-refractivity contribution is 5.94. The van der Waals surface area contributed by atoms with E-state index in [-0.39, 0.29) is 30.8 Å². The van der Waals surface area contributed by atoms with Gasteiger partial charge < -0.3 is 20.9 Å². The molecule has 3 amide bonds. The Morgan fingerprint density at radius 2 is 1.48 bits per heavy atom. The van der Waals surface area contributed by atoms with Crippen LogP contribution in [0, 0.1) is 13.8 Å². The summed E-state index contributed by atoms with van der Waals surface area (Å²) in [5, 5.41) is 12.7. The van der Waals surface area contributed by atoms with Gasteiger partial charge in [0.2, 0.25) is 5.91 Å². The van der Waals surface area contributed by atoms with Crippen LogP contribution in [0.3, 0.4) is 0 Å². The van der Waals surface area contributed by atoms with E-state index in [0.717, 1.165) is 22.0 Å². The van der Waals surface area contributed by atoms with Crippen molar-refractivity contribution in [1.82, 2.24) is 9.78 Å². The van der Waals surface area contributed by atoms with Crippen molar-refractivity contribution < 1.29 is 19.3 Å². The molecule has 9 heteroatoms. The van der Waals surface area contributed by atoms with Crippen LogP contribution in [-0.2, 0) is 21.4 Å². The highest BCUT2D eigenvalue weighted by Crippen LogP contribution is 2.17. The number of quaternary nitrogens is 1. The number of carbonyl (C=O) groups is 3. The Morgan fingerprint density at radius 3 is 1.93 bits per heavy atom. The molecule has 1 atom stereocenters. The summed E-state index contributed by atoms with van der Waals surface area (Å²) in [5.41, 5.74) is 3.66. The second kappa shape index (κ2) is 9.83. The van der Waals surface area contributed by atoms with Gasteiger partial charge in [-0.25, -0.2) is 0 Å². The zero-order valence-electron chi connectivity index (χ0n) is 17.5. The van der Waals surface area contributed by atoms with Gasteiger partial charge in [-0.05, 0) is 45.0 Å². The summed E-state index contributed by atoms with van der Waals surface area (Å²) in [5.74, 6) is -0.497. The van der Waals surface area contributed by atoms with Gasteiger partial charge >= 0.3 is 0 Å². The fraction of sp³-hybridized carbons (Fsp3) is 0.400. The Hall–Kier alpha value is -3.20. The van der Waals surface area contributed by atoms with Crippen LogP contribution < -0.4 is 20.9 Å². The lowest BCUT2D eigenvalue weighted by molar-refractivity contribution is -0.881. The predicted molar refractivity (Wildman–Crippen MR) is 112 cm³/mol. The van der Waals surface area contributed by atoms with Crippen LogP contribution in [0.2, 0.25) is 0 Å². The summed E-state index contributed by atoms with van der Waals surface area (Å²) in [4.78, 5) is 36.7. The van der Waals surface area contributed by atoms with Crippen LogP contribution in [0.4, 0.5) is 17.1 Å². The van der Waals surface area contributed by atoms with Gasteiger partial charge in [-0.1, -0.05) is 0 Å². The SMILES string of the molecule is CC[NH+](CC(=O)Nc1ccc(NC(C)=O)cc1)CC(=O)Nc1c(C)nn(C)c1C. The van der Waals surface area contributed by atoms with E-state index < -0.39 is 0 Å². The first-order valence-corrected chi connectivity index (χ1v) is 9.50. The van der Waals surface area contributed by atoms with Crippen LogP contribution in [0.15, 0.2) is 24.3 Å². The van der Waals surface area contributed by atoms with Crippen LogP contribution in [0.1, 0.15) is 25.2 Å². The Labute approximate surface area is 170 Å². The minimum absolute atomic E-state index is 0.154. The number of benzene rings is 1. The van der Waals surface area contributed by atoms with E-state index in [0.29, 0.717) is 17.9 Å². The second-order valence-electron chi connectivity index (χ2n) is 6.98. The first-order valence-electron chi connectivity index (χ1n) is 9.50. The number of rotatable bonds is 8. The van der Waals surface area contributed by atoms with Crippen LogP contribution >= 0.6 is 0 Å². The van der Waals surface area contributed by atoms with Crippen LogP contribution in [-0.4, -0.2) is 47.1 Å². The van der Waals surface area contributed by atoms with Crippen molar-refractivity contribution in [1.29, 1.82) is 0 Å². The molecular weight excluding hydrogens is 372 g/mol. The van der Waals surface area contributed by atoms with Gasteiger partial charge in [0.1, 0.15) is 0 Å². The lowest BCUT2D eigenvalue weighted by Gasteiger charge is -2.17. The minimum atomic E-state index is -0.185. The number of nitrogens with zero attached hydrogens (tertiary/aromatic N) is 2. The summed E-state index contributed by atoms with van der Waals surface area (Å²) < 4.78 is 1.72. The molecule has 0 bridgehead atoms. The van der Waals surface area contributed by atoms with Crippen molar-refractivity contribution in [2.24, 2.45) is 7.05 Å². The molecule has 0 aliphatic rings. The molecule has 1 aromatic heterocycles. The normalized spacial score (nSPS) is 11.6. The Kier molecular flexibility index (Phi) is 7.49. The van der Waals surface area contributed by atoms with E-state index in [1.165, 1.54) is 6.92 Å². The number of nitrogens with one attached hydrogen (secondary N) is 4. The predicted octanol–water partition coefficient (Wildman–Crippen LogP) is 0.477. The molecule has 0 fully saturated rings. The molecule has 0 saturated carbocycles. The smallest absolute Gasteiger partial charge is 0.279 e. The standard InChI is InChI=1S/C20H28N6O3/c1-6-26(12-19(29)23-20-13(2)24-25(5)14(20)3)11-18(28)22-17-9-7-16(8-10-17)21-15(4)27/h7-10H,6,11-12H2,1-5H3,(H,21,27)(H,22,28)(H,23,29)/p+1. The van der Waals surface area contributed by atoms with Gasteiger partial charge in [-0.3, -0.25) is 19.1 Å². The van der Waals surface area contributed by atoms with E-state index >= 15 is 0 Å². The zero-order valence-corrected chi connectivity index (χ0v) is 17.5. The van der Waals surface area contributed by atoms with Crippen molar-refractivity contribution in [3.63, 3.8) is 0 Å². The molecule has 0 aliphatic carbocycles. The number of likely N-dealkylation sites (N-methyl/N-ethyl adjacent to an activating group) is 1. The molecule has 156 valence electrons. The molecule has 0 saturated heterocycles. The fourth-order valence-corrected chi connectivity index (χ4v) is 2.95. The Bertz CT molecular complexity index is 888. The first kappa shape index (κ1) is 22.1. The second-order valence-corrected chi connectivity index (χ2v) is 6.98. The molecule has 4 N–H and O–H groups in total. The molecule has 1 heterocycles. The number of hydrogen-bond acceptors (Lipinski definition) is 4. The van der Waals surface area contributed by atoms with Gasteiger partial charge in [-0.15, -0.1) is 0 Å². The average molecular weight is 401 g/mol. The number of amides is 3. The molecule has 0 spiro atoms.